The molecule has 1 saturated carbocycles. The number of hydrogen-bond acceptors (Lipinski definition) is 7. The summed E-state index contributed by atoms with van der Waals surface area (Å²) in [5.41, 5.74) is 2.44. The molecule has 0 bridgehead atoms. The molecule has 1 unspecified atom stereocenters. The van der Waals surface area contributed by atoms with Crippen LogP contribution in [-0.4, -0.2) is 42.7 Å². The zero-order valence-corrected chi connectivity index (χ0v) is 19.6. The van der Waals surface area contributed by atoms with Crippen LogP contribution < -0.4 is 9.61 Å². The van der Waals surface area contributed by atoms with Crippen LogP contribution in [-0.2, 0) is 27.2 Å². The lowest BCUT2D eigenvalue weighted by Gasteiger charge is -2.15. The highest BCUT2D eigenvalue weighted by atomic mass is 32.1. The van der Waals surface area contributed by atoms with Crippen molar-refractivity contribution in [2.75, 3.05) is 20.3 Å². The summed E-state index contributed by atoms with van der Waals surface area (Å²) in [5, 5.41) is 0. The number of nitrogens with zero attached hydrogens (tertiary/aromatic N) is 1. The molecule has 0 radical (unpaired) electrons. The van der Waals surface area contributed by atoms with E-state index in [1.54, 1.807) is 4.57 Å². The number of carbonyl (C=O) groups is 2. The topological polar surface area (TPSA) is 83.8 Å². The van der Waals surface area contributed by atoms with E-state index < -0.39 is 12.1 Å². The minimum Gasteiger partial charge on any atom is -0.492 e. The fraction of sp³-hybridized carbons (Fsp3) is 0.400. The summed E-state index contributed by atoms with van der Waals surface area (Å²) in [6, 6.07) is 12.9. The third kappa shape index (κ3) is 5.51. The summed E-state index contributed by atoms with van der Waals surface area (Å²) >= 11 is 1.15. The molecule has 0 N–H and O–H groups in total. The van der Waals surface area contributed by atoms with Gasteiger partial charge in [-0.15, -0.1) is 0 Å². The fourth-order valence-corrected chi connectivity index (χ4v) is 4.70. The Balaban J connectivity index is 1.36. The molecule has 3 aromatic rings. The van der Waals surface area contributed by atoms with Gasteiger partial charge in [-0.1, -0.05) is 23.5 Å². The summed E-state index contributed by atoms with van der Waals surface area (Å²) < 4.78 is 18.6. The van der Waals surface area contributed by atoms with Crippen molar-refractivity contribution in [3.05, 3.63) is 63.3 Å². The standard InChI is InChI=1S/C25H27NO6S/c1-3-31-21(24(28)30-2)14-16-4-9-19(10-5-16)32-13-12-26-20-11-8-18(23(27)17-6-7-17)15-22(20)33-25(26)29/h4-5,8-11,15,17,21H,3,6-7,12-14H2,1-2H3. The van der Waals surface area contributed by atoms with Gasteiger partial charge in [0, 0.05) is 24.5 Å². The van der Waals surface area contributed by atoms with Crippen molar-refractivity contribution in [1.82, 2.24) is 4.57 Å². The highest BCUT2D eigenvalue weighted by molar-refractivity contribution is 7.16. The zero-order valence-electron chi connectivity index (χ0n) is 18.7. The Hall–Kier alpha value is -2.97. The van der Waals surface area contributed by atoms with Gasteiger partial charge in [0.25, 0.3) is 0 Å². The highest BCUT2D eigenvalue weighted by Crippen LogP contribution is 2.33. The predicted molar refractivity (Wildman–Crippen MR) is 126 cm³/mol. The van der Waals surface area contributed by atoms with Crippen molar-refractivity contribution in [3.8, 4) is 5.75 Å². The van der Waals surface area contributed by atoms with Crippen molar-refractivity contribution < 1.29 is 23.8 Å². The van der Waals surface area contributed by atoms with E-state index in [0.29, 0.717) is 37.5 Å². The van der Waals surface area contributed by atoms with E-state index in [0.717, 1.165) is 40.0 Å². The van der Waals surface area contributed by atoms with E-state index >= 15 is 0 Å². The van der Waals surface area contributed by atoms with E-state index in [1.807, 2.05) is 49.4 Å². The number of fused-ring (bicyclic) bond motifs is 1. The molecule has 1 aromatic heterocycles. The van der Waals surface area contributed by atoms with Gasteiger partial charge in [-0.05, 0) is 55.7 Å². The number of benzene rings is 2. The number of hydrogen-bond donors (Lipinski definition) is 0. The van der Waals surface area contributed by atoms with Crippen LogP contribution in [0.3, 0.4) is 0 Å². The lowest BCUT2D eigenvalue weighted by Crippen LogP contribution is -2.28. The summed E-state index contributed by atoms with van der Waals surface area (Å²) in [5.74, 6) is 0.617. The molecule has 0 aliphatic heterocycles. The molecule has 1 aliphatic rings. The maximum Gasteiger partial charge on any atom is 0.335 e. The number of thiazole rings is 1. The number of esters is 1. The number of Topliss-reactive ketones (excluding diaryl/α,β-unsaturated/α-hetero) is 1. The zero-order chi connectivity index (χ0) is 23.4. The van der Waals surface area contributed by atoms with Crippen LogP contribution >= 0.6 is 11.3 Å². The molecular weight excluding hydrogens is 442 g/mol. The normalized spacial score (nSPS) is 14.2. The minimum atomic E-state index is -0.634. The van der Waals surface area contributed by atoms with E-state index in [-0.39, 0.29) is 16.6 Å². The Labute approximate surface area is 195 Å². The van der Waals surface area contributed by atoms with Gasteiger partial charge >= 0.3 is 10.8 Å². The van der Waals surface area contributed by atoms with Gasteiger partial charge in [0.05, 0.1) is 23.9 Å². The van der Waals surface area contributed by atoms with E-state index in [1.165, 1.54) is 7.11 Å². The van der Waals surface area contributed by atoms with Gasteiger partial charge < -0.3 is 14.2 Å². The quantitative estimate of drug-likeness (QED) is 0.313. The van der Waals surface area contributed by atoms with Crippen LogP contribution in [0.5, 0.6) is 5.75 Å². The second kappa shape index (κ2) is 10.3. The van der Waals surface area contributed by atoms with Gasteiger partial charge in [-0.3, -0.25) is 14.2 Å². The van der Waals surface area contributed by atoms with Crippen LogP contribution in [0, 0.1) is 5.92 Å². The van der Waals surface area contributed by atoms with E-state index in [2.05, 4.69) is 0 Å². The molecule has 1 atom stereocenters. The van der Waals surface area contributed by atoms with Crippen molar-refractivity contribution in [1.29, 1.82) is 0 Å². The number of ketones is 1. The largest absolute Gasteiger partial charge is 0.492 e. The first kappa shape index (κ1) is 23.2. The maximum atomic E-state index is 12.5. The van der Waals surface area contributed by atoms with Gasteiger partial charge in [-0.25, -0.2) is 4.79 Å². The number of carbonyl (C=O) groups excluding carboxylic acids is 2. The van der Waals surface area contributed by atoms with Crippen LogP contribution in [0.15, 0.2) is 47.3 Å². The molecule has 0 amide bonds. The Bertz CT molecular complexity index is 1190. The third-order valence-corrected chi connectivity index (χ3v) is 6.60. The fourth-order valence-electron chi connectivity index (χ4n) is 3.75. The Morgan fingerprint density at radius 2 is 1.91 bits per heavy atom. The second-order valence-electron chi connectivity index (χ2n) is 8.00. The maximum absolute atomic E-state index is 12.5. The molecule has 33 heavy (non-hydrogen) atoms. The smallest absolute Gasteiger partial charge is 0.335 e. The van der Waals surface area contributed by atoms with Crippen LogP contribution in [0.1, 0.15) is 35.7 Å². The molecule has 1 aliphatic carbocycles. The van der Waals surface area contributed by atoms with Crippen LogP contribution in [0.2, 0.25) is 0 Å². The number of aromatic nitrogens is 1. The van der Waals surface area contributed by atoms with Crippen LogP contribution in [0.25, 0.3) is 10.2 Å². The van der Waals surface area contributed by atoms with Gasteiger partial charge in [0.1, 0.15) is 12.4 Å². The van der Waals surface area contributed by atoms with Crippen molar-refractivity contribution in [2.24, 2.45) is 5.92 Å². The minimum absolute atomic E-state index is 0.0651. The highest BCUT2D eigenvalue weighted by Gasteiger charge is 2.30. The lowest BCUT2D eigenvalue weighted by atomic mass is 10.1. The van der Waals surface area contributed by atoms with Crippen molar-refractivity contribution in [2.45, 2.75) is 38.8 Å². The molecule has 0 saturated heterocycles. The molecular formula is C25H27NO6S. The van der Waals surface area contributed by atoms with Crippen molar-refractivity contribution >= 4 is 33.3 Å². The van der Waals surface area contributed by atoms with E-state index in [4.69, 9.17) is 14.2 Å². The Morgan fingerprint density at radius 1 is 1.15 bits per heavy atom. The molecule has 2 aromatic carbocycles. The summed E-state index contributed by atoms with van der Waals surface area (Å²) in [4.78, 5) is 36.5. The first-order valence-corrected chi connectivity index (χ1v) is 11.9. The van der Waals surface area contributed by atoms with Gasteiger partial charge in [0.2, 0.25) is 0 Å². The average molecular weight is 470 g/mol. The molecule has 1 heterocycles. The molecule has 174 valence electrons. The third-order valence-electron chi connectivity index (χ3n) is 5.66. The second-order valence-corrected chi connectivity index (χ2v) is 9.00. The molecule has 8 heteroatoms. The van der Waals surface area contributed by atoms with Gasteiger partial charge in [0.15, 0.2) is 11.9 Å². The number of methoxy groups -OCH3 is 1. The lowest BCUT2D eigenvalue weighted by molar-refractivity contribution is -0.153. The van der Waals surface area contributed by atoms with Gasteiger partial charge in [-0.2, -0.15) is 0 Å². The first-order chi connectivity index (χ1) is 16.0. The Kier molecular flexibility index (Phi) is 7.25. The summed E-state index contributed by atoms with van der Waals surface area (Å²) in [6.07, 6.45) is 1.71. The summed E-state index contributed by atoms with van der Waals surface area (Å²) in [6.45, 7) is 3.00. The molecule has 0 spiro atoms. The average Bonchev–Trinajstić information content (AvgIpc) is 3.62. The monoisotopic (exact) mass is 469 g/mol. The van der Waals surface area contributed by atoms with Crippen LogP contribution in [0.4, 0.5) is 0 Å². The molecule has 1 fully saturated rings. The van der Waals surface area contributed by atoms with E-state index in [9.17, 15) is 14.4 Å². The predicted octanol–water partition coefficient (Wildman–Crippen LogP) is 3.86. The van der Waals surface area contributed by atoms with Crippen molar-refractivity contribution in [3.63, 3.8) is 0 Å². The first-order valence-electron chi connectivity index (χ1n) is 11.1. The molecule has 4 rings (SSSR count). The summed E-state index contributed by atoms with van der Waals surface area (Å²) in [7, 11) is 1.35. The molecule has 7 nitrogen and oxygen atoms in total. The Morgan fingerprint density at radius 3 is 2.58 bits per heavy atom. The number of ether oxygens (including phenoxy) is 3. The number of rotatable bonds is 11. The SMILES string of the molecule is CCOC(Cc1ccc(OCCn2c(=O)sc3cc(C(=O)C4CC4)ccc32)cc1)C(=O)OC.